The van der Waals surface area contributed by atoms with Gasteiger partial charge < -0.3 is 20.6 Å². The van der Waals surface area contributed by atoms with E-state index < -0.39 is 5.54 Å². The van der Waals surface area contributed by atoms with Crippen molar-refractivity contribution >= 4 is 22.8 Å². The summed E-state index contributed by atoms with van der Waals surface area (Å²) in [5.74, 6) is 1.93. The van der Waals surface area contributed by atoms with Crippen molar-refractivity contribution in [1.82, 2.24) is 9.97 Å². The molecule has 4 N–H and O–H groups in total. The maximum atomic E-state index is 9.50. The fraction of sp³-hybridized carbons (Fsp3) is 0.500. The van der Waals surface area contributed by atoms with Gasteiger partial charge in [-0.25, -0.2) is 4.98 Å². The molecule has 108 valence electrons. The van der Waals surface area contributed by atoms with Crippen molar-refractivity contribution < 1.29 is 9.84 Å². The monoisotopic (exact) mass is 293 g/mol. The lowest BCUT2D eigenvalue weighted by Gasteiger charge is -2.26. The zero-order valence-corrected chi connectivity index (χ0v) is 12.2. The fourth-order valence-electron chi connectivity index (χ4n) is 2.31. The quantitative estimate of drug-likeness (QED) is 0.707. The van der Waals surface area contributed by atoms with Crippen LogP contribution < -0.4 is 10.5 Å². The molecule has 1 saturated carbocycles. The molecule has 1 atom stereocenters. The molecule has 1 aliphatic rings. The van der Waals surface area contributed by atoms with E-state index in [1.165, 1.54) is 0 Å². The first-order chi connectivity index (χ1) is 9.64. The molecule has 2 aromatic rings. The molecule has 1 fully saturated rings. The number of nitrogens with one attached hydrogen (secondary N) is 1. The van der Waals surface area contributed by atoms with E-state index in [4.69, 9.17) is 10.5 Å². The molecule has 1 heterocycles. The summed E-state index contributed by atoms with van der Waals surface area (Å²) in [5.41, 5.74) is 7.63. The lowest BCUT2D eigenvalue weighted by Crippen LogP contribution is -2.48. The van der Waals surface area contributed by atoms with Crippen molar-refractivity contribution in [3.63, 3.8) is 0 Å². The van der Waals surface area contributed by atoms with E-state index in [1.807, 2.05) is 18.2 Å². The molecule has 1 aromatic carbocycles. The Balaban J connectivity index is 1.74. The van der Waals surface area contributed by atoms with Gasteiger partial charge in [0, 0.05) is 11.8 Å². The second kappa shape index (κ2) is 5.27. The van der Waals surface area contributed by atoms with Crippen LogP contribution in [0.4, 0.5) is 0 Å². The summed E-state index contributed by atoms with van der Waals surface area (Å²) >= 11 is 1.57. The van der Waals surface area contributed by atoms with Crippen molar-refractivity contribution in [3.05, 3.63) is 18.2 Å². The fourth-order valence-corrected chi connectivity index (χ4v) is 3.39. The SMILES string of the molecule is COc1ccc2nc(SCC(N)(CO)C3CC3)[nH]c2c1. The maximum absolute atomic E-state index is 9.50. The van der Waals surface area contributed by atoms with Crippen molar-refractivity contribution in [1.29, 1.82) is 0 Å². The predicted octanol–water partition coefficient (Wildman–Crippen LogP) is 1.76. The number of rotatable bonds is 6. The first-order valence-electron chi connectivity index (χ1n) is 6.71. The molecular formula is C14H19N3O2S. The Labute approximate surface area is 121 Å². The second-order valence-electron chi connectivity index (χ2n) is 5.38. The van der Waals surface area contributed by atoms with Gasteiger partial charge in [0.1, 0.15) is 5.75 Å². The molecule has 6 heteroatoms. The molecule has 3 rings (SSSR count). The van der Waals surface area contributed by atoms with Crippen molar-refractivity contribution in [2.45, 2.75) is 23.5 Å². The third kappa shape index (κ3) is 2.63. The Morgan fingerprint density at radius 3 is 3.00 bits per heavy atom. The molecular weight excluding hydrogens is 274 g/mol. The number of thioether (sulfide) groups is 1. The Morgan fingerprint density at radius 2 is 2.35 bits per heavy atom. The van der Waals surface area contributed by atoms with Gasteiger partial charge in [0.25, 0.3) is 0 Å². The molecule has 0 aliphatic heterocycles. The number of aromatic amines is 1. The number of methoxy groups -OCH3 is 1. The molecule has 0 amide bonds. The minimum absolute atomic E-state index is 0.0265. The number of aliphatic hydroxyl groups excluding tert-OH is 1. The largest absolute Gasteiger partial charge is 0.497 e. The highest BCUT2D eigenvalue weighted by atomic mass is 32.2. The lowest BCUT2D eigenvalue weighted by molar-refractivity contribution is 0.194. The number of benzene rings is 1. The normalized spacial score (nSPS) is 18.1. The van der Waals surface area contributed by atoms with E-state index in [1.54, 1.807) is 18.9 Å². The van der Waals surface area contributed by atoms with Gasteiger partial charge in [-0.05, 0) is 30.9 Å². The van der Waals surface area contributed by atoms with Crippen LogP contribution in [0.2, 0.25) is 0 Å². The van der Waals surface area contributed by atoms with Gasteiger partial charge in [0.05, 0.1) is 30.3 Å². The number of hydrogen-bond acceptors (Lipinski definition) is 5. The Morgan fingerprint density at radius 1 is 1.55 bits per heavy atom. The van der Waals surface area contributed by atoms with Crippen molar-refractivity contribution in [2.24, 2.45) is 11.7 Å². The van der Waals surface area contributed by atoms with E-state index in [0.717, 1.165) is 34.8 Å². The van der Waals surface area contributed by atoms with Gasteiger partial charge in [-0.3, -0.25) is 0 Å². The molecule has 1 aromatic heterocycles. The number of hydrogen-bond donors (Lipinski definition) is 3. The third-order valence-electron chi connectivity index (χ3n) is 3.83. The Bertz CT molecular complexity index is 611. The summed E-state index contributed by atoms with van der Waals surface area (Å²) < 4.78 is 5.20. The zero-order valence-electron chi connectivity index (χ0n) is 11.4. The highest BCUT2D eigenvalue weighted by Gasteiger charge is 2.41. The number of imidazole rings is 1. The third-order valence-corrected chi connectivity index (χ3v) is 4.98. The number of ether oxygens (including phenoxy) is 1. The van der Waals surface area contributed by atoms with Crippen LogP contribution in [0, 0.1) is 5.92 Å². The lowest BCUT2D eigenvalue weighted by atomic mass is 9.99. The molecule has 0 radical (unpaired) electrons. The number of nitrogens with two attached hydrogens (primary N) is 1. The number of aliphatic hydroxyl groups is 1. The van der Waals surface area contributed by atoms with E-state index in [-0.39, 0.29) is 6.61 Å². The van der Waals surface area contributed by atoms with Crippen LogP contribution in [0.3, 0.4) is 0 Å². The van der Waals surface area contributed by atoms with Crippen LogP contribution in [0.15, 0.2) is 23.4 Å². The molecule has 1 aliphatic carbocycles. The minimum Gasteiger partial charge on any atom is -0.497 e. The Kier molecular flexibility index (Phi) is 3.62. The van der Waals surface area contributed by atoms with Crippen LogP contribution in [-0.4, -0.2) is 40.1 Å². The standard InChI is InChI=1S/C14H19N3O2S/c1-19-10-4-5-11-12(6-10)17-13(16-11)20-8-14(15,7-18)9-2-3-9/h4-6,9,18H,2-3,7-8,15H2,1H3,(H,16,17). The first-order valence-corrected chi connectivity index (χ1v) is 7.69. The topological polar surface area (TPSA) is 84.2 Å². The van der Waals surface area contributed by atoms with Gasteiger partial charge in [-0.15, -0.1) is 0 Å². The average Bonchev–Trinajstić information content (AvgIpc) is 3.25. The van der Waals surface area contributed by atoms with Gasteiger partial charge >= 0.3 is 0 Å². The Hall–Kier alpha value is -1.24. The van der Waals surface area contributed by atoms with Crippen molar-refractivity contribution in [2.75, 3.05) is 19.5 Å². The van der Waals surface area contributed by atoms with Crippen LogP contribution in [0.1, 0.15) is 12.8 Å². The summed E-state index contributed by atoms with van der Waals surface area (Å²) in [6.45, 7) is 0.0265. The summed E-state index contributed by atoms with van der Waals surface area (Å²) in [5, 5.41) is 10.3. The molecule has 0 bridgehead atoms. The first kappa shape index (κ1) is 13.7. The number of fused-ring (bicyclic) bond motifs is 1. The van der Waals surface area contributed by atoms with Crippen LogP contribution >= 0.6 is 11.8 Å². The molecule has 1 unspecified atom stereocenters. The summed E-state index contributed by atoms with van der Waals surface area (Å²) in [7, 11) is 1.65. The predicted molar refractivity (Wildman–Crippen MR) is 80.1 cm³/mol. The zero-order chi connectivity index (χ0) is 14.2. The van der Waals surface area contributed by atoms with E-state index >= 15 is 0 Å². The second-order valence-corrected chi connectivity index (χ2v) is 6.34. The van der Waals surface area contributed by atoms with Crippen LogP contribution in [0.5, 0.6) is 5.75 Å². The van der Waals surface area contributed by atoms with Gasteiger partial charge in [-0.2, -0.15) is 0 Å². The number of aromatic nitrogens is 2. The highest BCUT2D eigenvalue weighted by molar-refractivity contribution is 7.99. The summed E-state index contributed by atoms with van der Waals surface area (Å²) in [6.07, 6.45) is 2.24. The van der Waals surface area contributed by atoms with E-state index in [2.05, 4.69) is 9.97 Å². The number of H-pyrrole nitrogens is 1. The molecule has 20 heavy (non-hydrogen) atoms. The van der Waals surface area contributed by atoms with Gasteiger partial charge in [0.15, 0.2) is 5.16 Å². The van der Waals surface area contributed by atoms with Crippen LogP contribution in [-0.2, 0) is 0 Å². The molecule has 5 nitrogen and oxygen atoms in total. The van der Waals surface area contributed by atoms with E-state index in [0.29, 0.717) is 11.7 Å². The maximum Gasteiger partial charge on any atom is 0.166 e. The van der Waals surface area contributed by atoms with Gasteiger partial charge in [-0.1, -0.05) is 11.8 Å². The molecule has 0 saturated heterocycles. The van der Waals surface area contributed by atoms with Gasteiger partial charge in [0.2, 0.25) is 0 Å². The average molecular weight is 293 g/mol. The highest BCUT2D eigenvalue weighted by Crippen LogP contribution is 2.40. The van der Waals surface area contributed by atoms with E-state index in [9.17, 15) is 5.11 Å². The summed E-state index contributed by atoms with van der Waals surface area (Å²) in [6, 6.07) is 5.75. The molecule has 0 spiro atoms. The summed E-state index contributed by atoms with van der Waals surface area (Å²) in [4.78, 5) is 7.78. The van der Waals surface area contributed by atoms with Crippen molar-refractivity contribution in [3.8, 4) is 5.75 Å². The van der Waals surface area contributed by atoms with Crippen LogP contribution in [0.25, 0.3) is 11.0 Å². The minimum atomic E-state index is -0.485. The number of nitrogens with zero attached hydrogens (tertiary/aromatic N) is 1. The smallest absolute Gasteiger partial charge is 0.166 e.